The van der Waals surface area contributed by atoms with E-state index in [2.05, 4.69) is 151 Å². The number of hydrogen-bond donors (Lipinski definition) is 3. The summed E-state index contributed by atoms with van der Waals surface area (Å²) in [5, 5.41) is 36.7. The molecule has 4 fully saturated rings. The van der Waals surface area contributed by atoms with Gasteiger partial charge in [-0.05, 0) is 153 Å². The Labute approximate surface area is 586 Å². The van der Waals surface area contributed by atoms with Crippen molar-refractivity contribution in [3.63, 3.8) is 0 Å². The molecule has 3 N–H and O–H groups in total. The molecular weight excluding hydrogens is 1290 g/mol. The summed E-state index contributed by atoms with van der Waals surface area (Å²) in [6.45, 7) is 9.75. The molecule has 17 rings (SSSR count). The molecule has 0 saturated carbocycles. The lowest BCUT2D eigenvalue weighted by molar-refractivity contribution is -0.0547. The molecule has 5 aliphatic rings. The quantitative estimate of drug-likeness (QED) is 0.0919. The summed E-state index contributed by atoms with van der Waals surface area (Å²) in [5.74, 6) is 1.30. The van der Waals surface area contributed by atoms with Gasteiger partial charge in [-0.15, -0.1) is 0 Å². The summed E-state index contributed by atoms with van der Waals surface area (Å²) in [6, 6.07) is 67.7. The number of rotatable bonds is 14. The van der Waals surface area contributed by atoms with Crippen molar-refractivity contribution in [2.75, 3.05) is 90.2 Å². The van der Waals surface area contributed by atoms with E-state index in [4.69, 9.17) is 28.4 Å². The average molecular weight is 1360 g/mol. The molecular formula is C82H74N10O8S. The van der Waals surface area contributed by atoms with E-state index in [-0.39, 0.29) is 22.7 Å². The molecule has 101 heavy (non-hydrogen) atoms. The van der Waals surface area contributed by atoms with Crippen molar-refractivity contribution in [2.45, 2.75) is 48.8 Å². The second-order valence-corrected chi connectivity index (χ2v) is 27.9. The molecule has 19 heteroatoms. The smallest absolute Gasteiger partial charge is 0.176 e. The van der Waals surface area contributed by atoms with E-state index >= 15 is 0 Å². The van der Waals surface area contributed by atoms with Crippen LogP contribution in [0.2, 0.25) is 0 Å². The Morgan fingerprint density at radius 2 is 0.950 bits per heavy atom. The standard InChI is InChI=1S/C29H24N4O2.C27H27N3O3.C26H23N3O3S/c30-19-22-17-21(7-10-29(22)35-24-11-15-34-16-12-24)25-3-1-4-27-26(25)18-28(32-27)20-5-8-23(9-6-20)33-14-2-13-31-33;28-14-20-12-18(4-5-27(20)33-22-7-10-31-11-8-22)23-2-1-3-25-24(23)13-26(29-25)19-6-9-30(15-19)21-16-32-17-21;1-33(30,31)26-10-7-19(15-20(26)17-27)22-3-2-4-24-23(22)16-25(28-24)18-5-8-21(9-6-18)29-11-13-32-14-12-29/h1-10,13-14,17-18,24,32H,11-12,15-16H2;1-6,12-13,21-22,29H,7-11,15-17H2;2-10,15-16,28H,11-14H2,1H3. The predicted octanol–water partition coefficient (Wildman–Crippen LogP) is 15.1. The summed E-state index contributed by atoms with van der Waals surface area (Å²) in [4.78, 5) is 15.5. The molecule has 506 valence electrons. The summed E-state index contributed by atoms with van der Waals surface area (Å²) >= 11 is 0. The molecule has 0 spiro atoms. The summed E-state index contributed by atoms with van der Waals surface area (Å²) in [7, 11) is -3.47. The minimum Gasteiger partial charge on any atom is -0.489 e. The third-order valence-electron chi connectivity index (χ3n) is 19.5. The van der Waals surface area contributed by atoms with E-state index in [1.54, 1.807) is 18.3 Å². The van der Waals surface area contributed by atoms with Gasteiger partial charge in [0, 0.05) is 126 Å². The number of hydrogen-bond acceptors (Lipinski definition) is 14. The van der Waals surface area contributed by atoms with Crippen LogP contribution in [0.3, 0.4) is 0 Å². The van der Waals surface area contributed by atoms with Gasteiger partial charge in [0.1, 0.15) is 41.9 Å². The number of nitriles is 3. The van der Waals surface area contributed by atoms with Gasteiger partial charge < -0.3 is 48.3 Å². The third kappa shape index (κ3) is 14.4. The zero-order chi connectivity index (χ0) is 68.8. The van der Waals surface area contributed by atoms with Crippen LogP contribution in [0.5, 0.6) is 11.5 Å². The van der Waals surface area contributed by atoms with Crippen LogP contribution in [0, 0.1) is 34.0 Å². The highest BCUT2D eigenvalue weighted by Crippen LogP contribution is 2.39. The van der Waals surface area contributed by atoms with E-state index < -0.39 is 9.84 Å². The molecule has 0 amide bonds. The maximum atomic E-state index is 12.0. The lowest BCUT2D eigenvalue weighted by Gasteiger charge is -2.34. The number of morpholine rings is 1. The molecule has 0 atom stereocenters. The van der Waals surface area contributed by atoms with Gasteiger partial charge in [-0.3, -0.25) is 4.90 Å². The molecule has 4 aromatic heterocycles. The second-order valence-electron chi connectivity index (χ2n) is 25.9. The fourth-order valence-corrected chi connectivity index (χ4v) is 14.7. The van der Waals surface area contributed by atoms with Gasteiger partial charge in [-0.25, -0.2) is 13.1 Å². The van der Waals surface area contributed by atoms with Crippen molar-refractivity contribution in [1.29, 1.82) is 15.8 Å². The lowest BCUT2D eigenvalue weighted by atomic mass is 9.99. The van der Waals surface area contributed by atoms with E-state index in [1.165, 1.54) is 28.4 Å². The number of nitrogens with one attached hydrogen (secondary N) is 3. The summed E-state index contributed by atoms with van der Waals surface area (Å²) < 4.78 is 59.7. The minimum absolute atomic E-state index is 0.0519. The number of H-pyrrole nitrogens is 3. The zero-order valence-corrected chi connectivity index (χ0v) is 56.7. The van der Waals surface area contributed by atoms with E-state index in [9.17, 15) is 24.2 Å². The van der Waals surface area contributed by atoms with Crippen molar-refractivity contribution in [3.05, 3.63) is 223 Å². The molecule has 9 heterocycles. The van der Waals surface area contributed by atoms with Crippen LogP contribution in [0.15, 0.2) is 205 Å². The monoisotopic (exact) mass is 1360 g/mol. The van der Waals surface area contributed by atoms with Crippen LogP contribution in [0.1, 0.15) is 48.1 Å². The van der Waals surface area contributed by atoms with Crippen LogP contribution >= 0.6 is 0 Å². The van der Waals surface area contributed by atoms with Crippen LogP contribution in [-0.4, -0.2) is 142 Å². The summed E-state index contributed by atoms with van der Waals surface area (Å²) in [6.07, 6.45) is 10.8. The van der Waals surface area contributed by atoms with Crippen molar-refractivity contribution >= 4 is 53.8 Å². The highest BCUT2D eigenvalue weighted by molar-refractivity contribution is 7.90. The Morgan fingerprint density at radius 3 is 1.42 bits per heavy atom. The van der Waals surface area contributed by atoms with Gasteiger partial charge >= 0.3 is 0 Å². The van der Waals surface area contributed by atoms with Crippen molar-refractivity contribution in [3.8, 4) is 91.3 Å². The van der Waals surface area contributed by atoms with E-state index in [0.29, 0.717) is 55.1 Å². The van der Waals surface area contributed by atoms with Gasteiger partial charge in [-0.1, -0.05) is 84.9 Å². The Balaban J connectivity index is 0.000000123. The molecule has 4 saturated heterocycles. The zero-order valence-electron chi connectivity index (χ0n) is 55.9. The fourth-order valence-electron chi connectivity index (χ4n) is 13.9. The number of aromatic amines is 3. The first-order chi connectivity index (χ1) is 49.5. The predicted molar refractivity (Wildman–Crippen MR) is 393 cm³/mol. The lowest BCUT2D eigenvalue weighted by Crippen LogP contribution is -2.47. The maximum Gasteiger partial charge on any atom is 0.176 e. The minimum atomic E-state index is -3.47. The van der Waals surface area contributed by atoms with Crippen molar-refractivity contribution in [1.82, 2.24) is 29.6 Å². The number of fused-ring (bicyclic) bond motifs is 3. The molecule has 18 nitrogen and oxygen atoms in total. The van der Waals surface area contributed by atoms with Crippen LogP contribution in [0.4, 0.5) is 5.69 Å². The number of aromatic nitrogens is 5. The molecule has 0 bridgehead atoms. The largest absolute Gasteiger partial charge is 0.489 e. The van der Waals surface area contributed by atoms with Gasteiger partial charge in [0.25, 0.3) is 0 Å². The molecule has 0 unspecified atom stereocenters. The van der Waals surface area contributed by atoms with Crippen LogP contribution in [-0.2, 0) is 28.8 Å². The molecule has 8 aromatic carbocycles. The second kappa shape index (κ2) is 29.4. The normalized spacial score (nSPS) is 16.1. The van der Waals surface area contributed by atoms with Crippen LogP contribution in [0.25, 0.3) is 99.9 Å². The molecule has 0 aliphatic carbocycles. The number of benzene rings is 8. The van der Waals surface area contributed by atoms with Gasteiger partial charge in [0.15, 0.2) is 9.84 Å². The van der Waals surface area contributed by atoms with Gasteiger partial charge in [-0.2, -0.15) is 20.9 Å². The topological polar surface area (TPSA) is 233 Å². The Bertz CT molecular complexity index is 5270. The Hall–Kier alpha value is -11.1. The SMILES string of the molecule is CS(=O)(=O)c1ccc(-c2cccc3[nH]c(-c4ccc(N5CCOCC5)cc4)cc23)cc1C#N.N#Cc1cc(-c2cccc3[nH]c(-c4ccc(-n5cccn5)cc4)cc23)ccc1OC1CCOCC1.N#Cc1cc(-c2cccc3[nH]c(C4=CCN(C5COC5)C4)cc23)ccc1OC1CCOCC1. The maximum absolute atomic E-state index is 12.0. The van der Waals surface area contributed by atoms with Crippen molar-refractivity contribution < 1.29 is 36.8 Å². The van der Waals surface area contributed by atoms with Crippen LogP contribution < -0.4 is 14.4 Å². The number of anilines is 1. The first kappa shape index (κ1) is 65.9. The fraction of sp³-hybridized carbons (Fsp3) is 0.244. The number of ether oxygens (including phenoxy) is 6. The Kier molecular flexibility index (Phi) is 19.2. The highest BCUT2D eigenvalue weighted by Gasteiger charge is 2.30. The molecule has 0 radical (unpaired) electrons. The number of sulfone groups is 1. The highest BCUT2D eigenvalue weighted by atomic mass is 32.2. The Morgan fingerprint density at radius 1 is 0.495 bits per heavy atom. The number of nitrogens with zero attached hydrogens (tertiary/aromatic N) is 7. The first-order valence-corrected chi connectivity index (χ1v) is 36.1. The van der Waals surface area contributed by atoms with E-state index in [0.717, 1.165) is 173 Å². The molecule has 5 aliphatic heterocycles. The summed E-state index contributed by atoms with van der Waals surface area (Å²) in [5.41, 5.74) is 19.3. The molecule has 12 aromatic rings. The van der Waals surface area contributed by atoms with E-state index in [1.807, 2.05) is 77.6 Å². The van der Waals surface area contributed by atoms with Gasteiger partial charge in [0.2, 0.25) is 0 Å². The first-order valence-electron chi connectivity index (χ1n) is 34.2. The average Bonchev–Trinajstić information content (AvgIpc) is 1.69. The third-order valence-corrected chi connectivity index (χ3v) is 20.6. The van der Waals surface area contributed by atoms with Crippen molar-refractivity contribution in [2.24, 2.45) is 0 Å². The van der Waals surface area contributed by atoms with Gasteiger partial charge in [0.05, 0.1) is 86.2 Å².